The Bertz CT molecular complexity index is 266. The van der Waals surface area contributed by atoms with Crippen molar-refractivity contribution in [2.75, 3.05) is 18.8 Å². The molecule has 2 nitrogen and oxygen atoms in total. The van der Waals surface area contributed by atoms with Crippen LogP contribution in [0.2, 0.25) is 0 Å². The number of hydrogen-bond donors (Lipinski definition) is 1. The Hall–Kier alpha value is -0.0600. The molecule has 0 bridgehead atoms. The van der Waals surface area contributed by atoms with Crippen LogP contribution in [0.25, 0.3) is 0 Å². The van der Waals surface area contributed by atoms with Crippen LogP contribution in [0, 0.1) is 0 Å². The maximum absolute atomic E-state index is 4.47. The third kappa shape index (κ3) is 2.06. The minimum atomic E-state index is 0.593. The van der Waals surface area contributed by atoms with Crippen molar-refractivity contribution in [1.29, 1.82) is 0 Å². The van der Waals surface area contributed by atoms with Crippen molar-refractivity contribution >= 4 is 23.1 Å². The van der Waals surface area contributed by atoms with Gasteiger partial charge in [0.25, 0.3) is 0 Å². The van der Waals surface area contributed by atoms with Gasteiger partial charge in [0.05, 0.1) is 16.5 Å². The number of thioether (sulfide) groups is 1. The summed E-state index contributed by atoms with van der Waals surface area (Å²) in [5, 5.41) is 4.01. The average molecular weight is 214 g/mol. The van der Waals surface area contributed by atoms with Crippen molar-refractivity contribution in [3.05, 3.63) is 16.1 Å². The van der Waals surface area contributed by atoms with Crippen LogP contribution < -0.4 is 5.32 Å². The van der Waals surface area contributed by atoms with Gasteiger partial charge in [-0.2, -0.15) is 0 Å². The SMILES string of the molecule is CCc1scnc1C1CNCCS1. The molecular weight excluding hydrogens is 200 g/mol. The topological polar surface area (TPSA) is 24.9 Å². The zero-order valence-electron chi connectivity index (χ0n) is 7.75. The van der Waals surface area contributed by atoms with E-state index in [1.807, 2.05) is 17.3 Å². The third-order valence-electron chi connectivity index (χ3n) is 2.23. The van der Waals surface area contributed by atoms with Gasteiger partial charge in [-0.25, -0.2) is 4.98 Å². The molecule has 2 heterocycles. The molecule has 0 radical (unpaired) electrons. The summed E-state index contributed by atoms with van der Waals surface area (Å²) < 4.78 is 0. The number of nitrogens with one attached hydrogen (secondary N) is 1. The lowest BCUT2D eigenvalue weighted by atomic mass is 10.2. The molecule has 0 aliphatic carbocycles. The van der Waals surface area contributed by atoms with Crippen LogP contribution in [0.5, 0.6) is 0 Å². The maximum Gasteiger partial charge on any atom is 0.0798 e. The van der Waals surface area contributed by atoms with Gasteiger partial charge < -0.3 is 5.32 Å². The summed E-state index contributed by atoms with van der Waals surface area (Å²) in [5.41, 5.74) is 3.30. The highest BCUT2D eigenvalue weighted by molar-refractivity contribution is 7.99. The highest BCUT2D eigenvalue weighted by Gasteiger charge is 2.20. The van der Waals surface area contributed by atoms with Gasteiger partial charge in [0, 0.05) is 23.7 Å². The fraction of sp³-hybridized carbons (Fsp3) is 0.667. The monoisotopic (exact) mass is 214 g/mol. The maximum atomic E-state index is 4.47. The molecule has 4 heteroatoms. The highest BCUT2D eigenvalue weighted by atomic mass is 32.2. The van der Waals surface area contributed by atoms with Crippen LogP contribution in [-0.4, -0.2) is 23.8 Å². The van der Waals surface area contributed by atoms with Crippen molar-refractivity contribution in [2.45, 2.75) is 18.6 Å². The quantitative estimate of drug-likeness (QED) is 0.816. The molecule has 1 aliphatic rings. The van der Waals surface area contributed by atoms with Crippen molar-refractivity contribution in [3.8, 4) is 0 Å². The Labute approximate surface area is 87.1 Å². The van der Waals surface area contributed by atoms with E-state index in [0.717, 1.165) is 19.5 Å². The molecule has 1 aliphatic heterocycles. The minimum absolute atomic E-state index is 0.593. The van der Waals surface area contributed by atoms with Gasteiger partial charge in [0.1, 0.15) is 0 Å². The van der Waals surface area contributed by atoms with Crippen molar-refractivity contribution in [3.63, 3.8) is 0 Å². The van der Waals surface area contributed by atoms with E-state index in [1.165, 1.54) is 16.3 Å². The molecule has 1 aromatic rings. The standard InChI is InChI=1S/C9H14N2S2/c1-2-7-9(11-6-13-7)8-5-10-3-4-12-8/h6,8,10H,2-5H2,1H3. The van der Waals surface area contributed by atoms with E-state index in [2.05, 4.69) is 17.2 Å². The number of hydrogen-bond acceptors (Lipinski definition) is 4. The Kier molecular flexibility index (Phi) is 3.24. The molecule has 0 saturated carbocycles. The molecule has 0 amide bonds. The van der Waals surface area contributed by atoms with Crippen molar-refractivity contribution in [1.82, 2.24) is 10.3 Å². The predicted molar refractivity (Wildman–Crippen MR) is 59.6 cm³/mol. The van der Waals surface area contributed by atoms with Crippen LogP contribution in [0.15, 0.2) is 5.51 Å². The second-order valence-electron chi connectivity index (χ2n) is 3.08. The van der Waals surface area contributed by atoms with Gasteiger partial charge in [0.15, 0.2) is 0 Å². The molecule has 1 N–H and O–H groups in total. The fourth-order valence-electron chi connectivity index (χ4n) is 1.55. The van der Waals surface area contributed by atoms with E-state index >= 15 is 0 Å². The molecular formula is C9H14N2S2. The summed E-state index contributed by atoms with van der Waals surface area (Å²) >= 11 is 3.82. The molecule has 1 unspecified atom stereocenters. The molecule has 13 heavy (non-hydrogen) atoms. The Morgan fingerprint density at radius 2 is 2.62 bits per heavy atom. The smallest absolute Gasteiger partial charge is 0.0798 e. The van der Waals surface area contributed by atoms with Crippen LogP contribution in [-0.2, 0) is 6.42 Å². The van der Waals surface area contributed by atoms with Gasteiger partial charge >= 0.3 is 0 Å². The van der Waals surface area contributed by atoms with Gasteiger partial charge in [-0.05, 0) is 6.42 Å². The number of aromatic nitrogens is 1. The molecule has 1 fully saturated rings. The molecule has 72 valence electrons. The van der Waals surface area contributed by atoms with Crippen LogP contribution in [0.3, 0.4) is 0 Å². The molecule has 0 spiro atoms. The predicted octanol–water partition coefficient (Wildman–Crippen LogP) is 2.08. The van der Waals surface area contributed by atoms with Gasteiger partial charge in [0.2, 0.25) is 0 Å². The molecule has 1 atom stereocenters. The van der Waals surface area contributed by atoms with Crippen molar-refractivity contribution in [2.24, 2.45) is 0 Å². The van der Waals surface area contributed by atoms with E-state index in [9.17, 15) is 0 Å². The molecule has 1 saturated heterocycles. The number of thiazole rings is 1. The lowest BCUT2D eigenvalue weighted by molar-refractivity contribution is 0.679. The first-order valence-corrected chi connectivity index (χ1v) is 6.59. The molecule has 2 rings (SSSR count). The summed E-state index contributed by atoms with van der Waals surface area (Å²) in [6.45, 7) is 4.44. The normalized spacial score (nSPS) is 23.3. The van der Waals surface area contributed by atoms with E-state index in [0.29, 0.717) is 5.25 Å². The Balaban J connectivity index is 2.13. The first kappa shape index (κ1) is 9.49. The summed E-state index contributed by atoms with van der Waals surface area (Å²) in [5.74, 6) is 1.21. The van der Waals surface area contributed by atoms with E-state index in [4.69, 9.17) is 0 Å². The Morgan fingerprint density at radius 1 is 1.69 bits per heavy atom. The van der Waals surface area contributed by atoms with Gasteiger partial charge in [-0.1, -0.05) is 6.92 Å². The van der Waals surface area contributed by atoms with Crippen LogP contribution in [0.4, 0.5) is 0 Å². The average Bonchev–Trinajstić information content (AvgIpc) is 2.67. The fourth-order valence-corrected chi connectivity index (χ4v) is 3.54. The summed E-state index contributed by atoms with van der Waals surface area (Å²) in [7, 11) is 0. The summed E-state index contributed by atoms with van der Waals surface area (Å²) in [4.78, 5) is 5.93. The highest BCUT2D eigenvalue weighted by Crippen LogP contribution is 2.32. The zero-order valence-corrected chi connectivity index (χ0v) is 9.38. The number of aryl methyl sites for hydroxylation is 1. The van der Waals surface area contributed by atoms with Crippen molar-refractivity contribution < 1.29 is 0 Å². The van der Waals surface area contributed by atoms with Gasteiger partial charge in [-0.3, -0.25) is 0 Å². The third-order valence-corrected chi connectivity index (χ3v) is 4.45. The lowest BCUT2D eigenvalue weighted by Gasteiger charge is -2.21. The van der Waals surface area contributed by atoms with E-state index < -0.39 is 0 Å². The molecule has 0 aromatic carbocycles. The van der Waals surface area contributed by atoms with Gasteiger partial charge in [-0.15, -0.1) is 23.1 Å². The number of nitrogens with zero attached hydrogens (tertiary/aromatic N) is 1. The summed E-state index contributed by atoms with van der Waals surface area (Å²) in [6.07, 6.45) is 1.12. The van der Waals surface area contributed by atoms with E-state index in [-0.39, 0.29) is 0 Å². The second kappa shape index (κ2) is 4.44. The second-order valence-corrected chi connectivity index (χ2v) is 5.33. The first-order chi connectivity index (χ1) is 6.42. The lowest BCUT2D eigenvalue weighted by Crippen LogP contribution is -2.28. The largest absolute Gasteiger partial charge is 0.314 e. The zero-order chi connectivity index (χ0) is 9.10. The molecule has 1 aromatic heterocycles. The van der Waals surface area contributed by atoms with Crippen LogP contribution >= 0.6 is 23.1 Å². The summed E-state index contributed by atoms with van der Waals surface area (Å²) in [6, 6.07) is 0. The minimum Gasteiger partial charge on any atom is -0.314 e. The number of rotatable bonds is 2. The van der Waals surface area contributed by atoms with E-state index in [1.54, 1.807) is 11.3 Å². The first-order valence-electron chi connectivity index (χ1n) is 4.66. The Morgan fingerprint density at radius 3 is 3.31 bits per heavy atom. The van der Waals surface area contributed by atoms with Crippen LogP contribution in [0.1, 0.15) is 22.7 Å².